The van der Waals surface area contributed by atoms with Crippen LogP contribution in [-0.2, 0) is 0 Å². The predicted molar refractivity (Wildman–Crippen MR) is 83.6 cm³/mol. The van der Waals surface area contributed by atoms with Crippen molar-refractivity contribution in [1.29, 1.82) is 0 Å². The number of carbonyl (C=O) groups excluding carboxylic acids is 1. The Morgan fingerprint density at radius 3 is 2.81 bits per heavy atom. The monoisotopic (exact) mass is 298 g/mol. The number of aryl methyl sites for hydroxylation is 1. The number of nitrogens with zero attached hydrogens (tertiary/aromatic N) is 2. The van der Waals surface area contributed by atoms with Crippen molar-refractivity contribution < 1.29 is 9.53 Å². The number of benzene rings is 1. The third-order valence-electron chi connectivity index (χ3n) is 3.30. The molecule has 2 heterocycles. The average Bonchev–Trinajstić information content (AvgIpc) is 3.13. The highest BCUT2D eigenvalue weighted by Crippen LogP contribution is 2.36. The van der Waals surface area contributed by atoms with Gasteiger partial charge in [-0.1, -0.05) is 18.2 Å². The molecule has 0 fully saturated rings. The van der Waals surface area contributed by atoms with Crippen molar-refractivity contribution in [2.24, 2.45) is 0 Å². The van der Waals surface area contributed by atoms with Crippen LogP contribution in [0.5, 0.6) is 5.75 Å². The van der Waals surface area contributed by atoms with Crippen molar-refractivity contribution in [3.05, 3.63) is 53.0 Å². The zero-order valence-electron chi connectivity index (χ0n) is 11.7. The highest BCUT2D eigenvalue weighted by molar-refractivity contribution is 7.14. The van der Waals surface area contributed by atoms with Gasteiger partial charge in [0.2, 0.25) is 0 Å². The smallest absolute Gasteiger partial charge is 0.153 e. The molecule has 2 aromatic heterocycles. The summed E-state index contributed by atoms with van der Waals surface area (Å²) in [7, 11) is 1.62. The number of ether oxygens (including phenoxy) is 1. The van der Waals surface area contributed by atoms with Crippen molar-refractivity contribution >= 4 is 17.6 Å². The van der Waals surface area contributed by atoms with Crippen LogP contribution in [0.25, 0.3) is 16.3 Å². The Hall–Kier alpha value is -2.40. The molecule has 0 saturated heterocycles. The molecule has 0 spiro atoms. The number of para-hydroxylation sites is 1. The molecule has 0 N–H and O–H groups in total. The minimum absolute atomic E-state index is 0.555. The van der Waals surface area contributed by atoms with Gasteiger partial charge in [0.1, 0.15) is 11.4 Å². The molecule has 3 aromatic rings. The van der Waals surface area contributed by atoms with Crippen LogP contribution in [0.1, 0.15) is 15.9 Å². The van der Waals surface area contributed by atoms with Crippen LogP contribution < -0.4 is 4.74 Å². The van der Waals surface area contributed by atoms with E-state index in [2.05, 4.69) is 5.10 Å². The molecule has 1 aromatic carbocycles. The Kier molecular flexibility index (Phi) is 3.58. The van der Waals surface area contributed by atoms with Crippen LogP contribution in [0.2, 0.25) is 0 Å². The van der Waals surface area contributed by atoms with E-state index in [1.165, 1.54) is 11.3 Å². The van der Waals surface area contributed by atoms with E-state index in [9.17, 15) is 4.79 Å². The minimum atomic E-state index is 0.555. The van der Waals surface area contributed by atoms with E-state index in [0.717, 1.165) is 28.2 Å². The summed E-state index contributed by atoms with van der Waals surface area (Å²) in [4.78, 5) is 12.2. The lowest BCUT2D eigenvalue weighted by molar-refractivity contribution is 0.112. The number of carbonyl (C=O) groups is 1. The molecular weight excluding hydrogens is 284 g/mol. The van der Waals surface area contributed by atoms with Crippen LogP contribution in [0.4, 0.5) is 0 Å². The van der Waals surface area contributed by atoms with Gasteiger partial charge < -0.3 is 4.74 Å². The summed E-state index contributed by atoms with van der Waals surface area (Å²) in [6.45, 7) is 2.02. The Morgan fingerprint density at radius 1 is 1.29 bits per heavy atom. The summed E-state index contributed by atoms with van der Waals surface area (Å²) in [6, 6.07) is 9.80. The first-order valence-electron chi connectivity index (χ1n) is 6.47. The van der Waals surface area contributed by atoms with Crippen molar-refractivity contribution in [3.63, 3.8) is 0 Å². The molecule has 0 unspecified atom stereocenters. The SMILES string of the molecule is COc1ccsc1-c1nn(-c2ccccc2C)cc1C=O. The molecule has 0 saturated carbocycles. The summed E-state index contributed by atoms with van der Waals surface area (Å²) < 4.78 is 7.07. The van der Waals surface area contributed by atoms with Crippen LogP contribution in [0.3, 0.4) is 0 Å². The number of aromatic nitrogens is 2. The second kappa shape index (κ2) is 5.54. The normalized spacial score (nSPS) is 10.6. The van der Waals surface area contributed by atoms with Gasteiger partial charge in [-0.05, 0) is 30.0 Å². The van der Waals surface area contributed by atoms with Gasteiger partial charge in [-0.3, -0.25) is 4.79 Å². The molecule has 0 amide bonds. The van der Waals surface area contributed by atoms with E-state index in [1.807, 2.05) is 42.6 Å². The van der Waals surface area contributed by atoms with Gasteiger partial charge in [-0.2, -0.15) is 5.10 Å². The van der Waals surface area contributed by atoms with E-state index < -0.39 is 0 Å². The van der Waals surface area contributed by atoms with Gasteiger partial charge in [-0.15, -0.1) is 11.3 Å². The van der Waals surface area contributed by atoms with E-state index in [-0.39, 0.29) is 0 Å². The first kappa shape index (κ1) is 13.6. The van der Waals surface area contributed by atoms with E-state index in [4.69, 9.17) is 4.74 Å². The highest BCUT2D eigenvalue weighted by atomic mass is 32.1. The third kappa shape index (κ3) is 2.36. The molecule has 3 rings (SSSR count). The number of hydrogen-bond acceptors (Lipinski definition) is 4. The predicted octanol–water partition coefficient (Wildman–Crippen LogP) is 3.73. The molecule has 0 atom stereocenters. The minimum Gasteiger partial charge on any atom is -0.495 e. The molecule has 0 radical (unpaired) electrons. The van der Waals surface area contributed by atoms with Crippen molar-refractivity contribution in [2.45, 2.75) is 6.92 Å². The Balaban J connectivity index is 2.16. The maximum Gasteiger partial charge on any atom is 0.153 e. The summed E-state index contributed by atoms with van der Waals surface area (Å²) >= 11 is 1.51. The highest BCUT2D eigenvalue weighted by Gasteiger charge is 2.17. The molecule has 0 bridgehead atoms. The lowest BCUT2D eigenvalue weighted by atomic mass is 10.2. The van der Waals surface area contributed by atoms with E-state index in [0.29, 0.717) is 11.3 Å². The van der Waals surface area contributed by atoms with Crippen LogP contribution in [-0.4, -0.2) is 23.2 Å². The maximum atomic E-state index is 11.4. The Morgan fingerprint density at radius 2 is 2.10 bits per heavy atom. The maximum absolute atomic E-state index is 11.4. The zero-order chi connectivity index (χ0) is 14.8. The van der Waals surface area contributed by atoms with Crippen molar-refractivity contribution in [2.75, 3.05) is 7.11 Å². The molecule has 0 aliphatic rings. The van der Waals surface area contributed by atoms with Gasteiger partial charge in [-0.25, -0.2) is 4.68 Å². The number of aldehydes is 1. The molecular formula is C16H14N2O2S. The van der Waals surface area contributed by atoms with Crippen LogP contribution in [0, 0.1) is 6.92 Å². The van der Waals surface area contributed by atoms with Gasteiger partial charge in [0.25, 0.3) is 0 Å². The summed E-state index contributed by atoms with van der Waals surface area (Å²) in [6.07, 6.45) is 2.58. The molecule has 0 aliphatic carbocycles. The number of hydrogen-bond donors (Lipinski definition) is 0. The largest absolute Gasteiger partial charge is 0.495 e. The third-order valence-corrected chi connectivity index (χ3v) is 4.20. The molecule has 5 heteroatoms. The summed E-state index contributed by atoms with van der Waals surface area (Å²) in [5, 5.41) is 6.51. The van der Waals surface area contributed by atoms with Gasteiger partial charge >= 0.3 is 0 Å². The van der Waals surface area contributed by atoms with Crippen LogP contribution >= 0.6 is 11.3 Å². The van der Waals surface area contributed by atoms with Gasteiger partial charge in [0, 0.05) is 6.20 Å². The molecule has 0 aliphatic heterocycles. The quantitative estimate of drug-likeness (QED) is 0.689. The van der Waals surface area contributed by atoms with Crippen molar-refractivity contribution in [1.82, 2.24) is 9.78 Å². The zero-order valence-corrected chi connectivity index (χ0v) is 12.6. The number of methoxy groups -OCH3 is 1. The fourth-order valence-electron chi connectivity index (χ4n) is 2.22. The first-order valence-corrected chi connectivity index (χ1v) is 7.35. The van der Waals surface area contributed by atoms with Gasteiger partial charge in [0.05, 0.1) is 23.2 Å². The lowest BCUT2D eigenvalue weighted by Gasteiger charge is -2.04. The van der Waals surface area contributed by atoms with Crippen LogP contribution in [0.15, 0.2) is 41.9 Å². The molecule has 106 valence electrons. The number of rotatable bonds is 4. The average molecular weight is 298 g/mol. The Bertz CT molecular complexity index is 789. The standard InChI is InChI=1S/C16H14N2O2S/c1-11-5-3-4-6-13(11)18-9-12(10-19)15(17-18)16-14(20-2)7-8-21-16/h3-10H,1-2H3. The second-order valence-corrected chi connectivity index (χ2v) is 5.52. The summed E-state index contributed by atoms with van der Waals surface area (Å²) in [5.41, 5.74) is 3.27. The number of thiophene rings is 1. The van der Waals surface area contributed by atoms with E-state index in [1.54, 1.807) is 18.0 Å². The van der Waals surface area contributed by atoms with E-state index >= 15 is 0 Å². The fraction of sp³-hybridized carbons (Fsp3) is 0.125. The second-order valence-electron chi connectivity index (χ2n) is 4.60. The summed E-state index contributed by atoms with van der Waals surface area (Å²) in [5.74, 6) is 0.734. The topological polar surface area (TPSA) is 44.1 Å². The molecule has 21 heavy (non-hydrogen) atoms. The lowest BCUT2D eigenvalue weighted by Crippen LogP contribution is -1.97. The first-order chi connectivity index (χ1) is 10.2. The fourth-order valence-corrected chi connectivity index (χ4v) is 3.09. The molecule has 4 nitrogen and oxygen atoms in total. The Labute approximate surface area is 126 Å². The van der Waals surface area contributed by atoms with Gasteiger partial charge in [0.15, 0.2) is 6.29 Å². The van der Waals surface area contributed by atoms with Crippen molar-refractivity contribution in [3.8, 4) is 22.0 Å².